The van der Waals surface area contributed by atoms with Crippen molar-refractivity contribution >= 4 is 5.78 Å². The Bertz CT molecular complexity index is 563. The van der Waals surface area contributed by atoms with Gasteiger partial charge in [-0.1, -0.05) is 6.92 Å². The molecule has 0 spiro atoms. The standard InChI is InChI=1S/C12H12FN3O/c1-3-11-10(7-16(2)15-11)12(17)8-4-9(13)6-14-5-8/h4-7H,3H2,1-2H3. The first-order valence-electron chi connectivity index (χ1n) is 5.29. The van der Waals surface area contributed by atoms with Crippen molar-refractivity contribution in [2.45, 2.75) is 13.3 Å². The summed E-state index contributed by atoms with van der Waals surface area (Å²) in [5.41, 5.74) is 1.46. The first-order chi connectivity index (χ1) is 8.11. The van der Waals surface area contributed by atoms with E-state index in [1.165, 1.54) is 12.3 Å². The van der Waals surface area contributed by atoms with Crippen LogP contribution < -0.4 is 0 Å². The molecule has 0 saturated heterocycles. The highest BCUT2D eigenvalue weighted by Crippen LogP contribution is 2.14. The Balaban J connectivity index is 2.43. The molecule has 88 valence electrons. The fourth-order valence-electron chi connectivity index (χ4n) is 1.68. The molecule has 0 aliphatic carbocycles. The summed E-state index contributed by atoms with van der Waals surface area (Å²) >= 11 is 0. The number of carbonyl (C=O) groups is 1. The molecule has 0 bridgehead atoms. The minimum atomic E-state index is -0.516. The highest BCUT2D eigenvalue weighted by molar-refractivity contribution is 6.09. The van der Waals surface area contributed by atoms with E-state index in [1.54, 1.807) is 17.9 Å². The molecule has 0 aliphatic heterocycles. The molecule has 0 fully saturated rings. The van der Waals surface area contributed by atoms with Crippen molar-refractivity contribution in [3.8, 4) is 0 Å². The number of pyridine rings is 1. The second kappa shape index (κ2) is 4.45. The van der Waals surface area contributed by atoms with Gasteiger partial charge in [-0.15, -0.1) is 0 Å². The zero-order valence-electron chi connectivity index (χ0n) is 9.64. The summed E-state index contributed by atoms with van der Waals surface area (Å²) in [4.78, 5) is 15.8. The summed E-state index contributed by atoms with van der Waals surface area (Å²) in [7, 11) is 1.75. The molecule has 0 N–H and O–H groups in total. The second-order valence-electron chi connectivity index (χ2n) is 3.74. The van der Waals surface area contributed by atoms with E-state index in [4.69, 9.17) is 0 Å². The zero-order chi connectivity index (χ0) is 12.4. The molecule has 0 unspecified atom stereocenters. The first-order valence-corrected chi connectivity index (χ1v) is 5.29. The van der Waals surface area contributed by atoms with Gasteiger partial charge in [-0.05, 0) is 12.5 Å². The van der Waals surface area contributed by atoms with Gasteiger partial charge in [0.25, 0.3) is 0 Å². The van der Waals surface area contributed by atoms with Gasteiger partial charge in [0.15, 0.2) is 5.78 Å². The van der Waals surface area contributed by atoms with Gasteiger partial charge in [0.05, 0.1) is 17.5 Å². The monoisotopic (exact) mass is 233 g/mol. The number of aromatic nitrogens is 3. The van der Waals surface area contributed by atoms with Gasteiger partial charge in [-0.2, -0.15) is 5.10 Å². The van der Waals surface area contributed by atoms with Crippen LogP contribution in [-0.4, -0.2) is 20.5 Å². The number of ketones is 1. The van der Waals surface area contributed by atoms with Crippen molar-refractivity contribution in [1.29, 1.82) is 0 Å². The number of rotatable bonds is 3. The first kappa shape index (κ1) is 11.4. The molecule has 0 aromatic carbocycles. The third kappa shape index (κ3) is 2.22. The Labute approximate surface area is 98.1 Å². The SMILES string of the molecule is CCc1nn(C)cc1C(=O)c1cncc(F)c1. The minimum absolute atomic E-state index is 0.243. The largest absolute Gasteiger partial charge is 0.288 e. The Morgan fingerprint density at radius 2 is 2.24 bits per heavy atom. The summed E-state index contributed by atoms with van der Waals surface area (Å²) in [6, 6.07) is 1.18. The van der Waals surface area contributed by atoms with Crippen LogP contribution in [-0.2, 0) is 13.5 Å². The van der Waals surface area contributed by atoms with Crippen LogP contribution in [0.25, 0.3) is 0 Å². The number of hydrogen-bond acceptors (Lipinski definition) is 3. The third-order valence-electron chi connectivity index (χ3n) is 2.45. The van der Waals surface area contributed by atoms with Gasteiger partial charge in [-0.25, -0.2) is 4.39 Å². The Morgan fingerprint density at radius 1 is 1.47 bits per heavy atom. The Hall–Kier alpha value is -2.04. The van der Waals surface area contributed by atoms with Crippen LogP contribution in [0.5, 0.6) is 0 Å². The maximum absolute atomic E-state index is 13.0. The number of nitrogens with zero attached hydrogens (tertiary/aromatic N) is 3. The summed E-state index contributed by atoms with van der Waals surface area (Å²) in [6.07, 6.45) is 4.73. The van der Waals surface area contributed by atoms with E-state index in [1.807, 2.05) is 6.92 Å². The van der Waals surface area contributed by atoms with Crippen molar-refractivity contribution in [3.05, 3.63) is 47.3 Å². The highest BCUT2D eigenvalue weighted by Gasteiger charge is 2.16. The topological polar surface area (TPSA) is 47.8 Å². The van der Waals surface area contributed by atoms with Gasteiger partial charge >= 0.3 is 0 Å². The molecule has 0 amide bonds. The van der Waals surface area contributed by atoms with E-state index in [9.17, 15) is 9.18 Å². The molecule has 2 aromatic rings. The number of carbonyl (C=O) groups excluding carboxylic acids is 1. The predicted octanol–water partition coefficient (Wildman–Crippen LogP) is 1.75. The lowest BCUT2D eigenvalue weighted by molar-refractivity contribution is 0.103. The zero-order valence-corrected chi connectivity index (χ0v) is 9.64. The molecule has 0 radical (unpaired) electrons. The molecular formula is C12H12FN3O. The van der Waals surface area contributed by atoms with Crippen molar-refractivity contribution in [3.63, 3.8) is 0 Å². The number of aryl methyl sites for hydroxylation is 2. The van der Waals surface area contributed by atoms with Crippen molar-refractivity contribution < 1.29 is 9.18 Å². The second-order valence-corrected chi connectivity index (χ2v) is 3.74. The molecule has 2 heterocycles. The molecule has 5 heteroatoms. The molecule has 4 nitrogen and oxygen atoms in total. The van der Waals surface area contributed by atoms with Crippen molar-refractivity contribution in [1.82, 2.24) is 14.8 Å². The lowest BCUT2D eigenvalue weighted by Gasteiger charge is -1.99. The third-order valence-corrected chi connectivity index (χ3v) is 2.45. The fraction of sp³-hybridized carbons (Fsp3) is 0.250. The average Bonchev–Trinajstić information content (AvgIpc) is 2.69. The normalized spacial score (nSPS) is 10.5. The molecule has 0 saturated carbocycles. The molecule has 17 heavy (non-hydrogen) atoms. The van der Waals surface area contributed by atoms with Crippen LogP contribution in [0.15, 0.2) is 24.7 Å². The quantitative estimate of drug-likeness (QED) is 0.759. The van der Waals surface area contributed by atoms with Crippen molar-refractivity contribution in [2.75, 3.05) is 0 Å². The summed E-state index contributed by atoms with van der Waals surface area (Å²) < 4.78 is 14.6. The van der Waals surface area contributed by atoms with E-state index in [0.717, 1.165) is 6.20 Å². The maximum Gasteiger partial charge on any atom is 0.198 e. The van der Waals surface area contributed by atoms with Crippen LogP contribution in [0.2, 0.25) is 0 Å². The molecule has 2 aromatic heterocycles. The highest BCUT2D eigenvalue weighted by atomic mass is 19.1. The van der Waals surface area contributed by atoms with Crippen LogP contribution in [0, 0.1) is 5.82 Å². The average molecular weight is 233 g/mol. The van der Waals surface area contributed by atoms with Crippen LogP contribution >= 0.6 is 0 Å². The van der Waals surface area contributed by atoms with E-state index >= 15 is 0 Å². The lowest BCUT2D eigenvalue weighted by Crippen LogP contribution is -2.04. The molecule has 0 aliphatic rings. The van der Waals surface area contributed by atoms with Crippen LogP contribution in [0.3, 0.4) is 0 Å². The summed E-state index contributed by atoms with van der Waals surface area (Å²) in [6.45, 7) is 1.92. The minimum Gasteiger partial charge on any atom is -0.288 e. The van der Waals surface area contributed by atoms with E-state index in [0.29, 0.717) is 17.7 Å². The molecular weight excluding hydrogens is 221 g/mol. The van der Waals surface area contributed by atoms with E-state index in [-0.39, 0.29) is 11.3 Å². The van der Waals surface area contributed by atoms with Gasteiger partial charge < -0.3 is 0 Å². The van der Waals surface area contributed by atoms with Gasteiger partial charge in [0.1, 0.15) is 5.82 Å². The Kier molecular flexibility index (Phi) is 2.99. The number of hydrogen-bond donors (Lipinski definition) is 0. The molecule has 2 rings (SSSR count). The fourth-order valence-corrected chi connectivity index (χ4v) is 1.68. The van der Waals surface area contributed by atoms with E-state index < -0.39 is 5.82 Å². The van der Waals surface area contributed by atoms with Gasteiger partial charge in [0.2, 0.25) is 0 Å². The Morgan fingerprint density at radius 3 is 2.88 bits per heavy atom. The van der Waals surface area contributed by atoms with E-state index in [2.05, 4.69) is 10.1 Å². The smallest absolute Gasteiger partial charge is 0.198 e. The summed E-state index contributed by atoms with van der Waals surface area (Å²) in [5.74, 6) is -0.764. The summed E-state index contributed by atoms with van der Waals surface area (Å²) in [5, 5.41) is 4.18. The number of halogens is 1. The van der Waals surface area contributed by atoms with Crippen LogP contribution in [0.1, 0.15) is 28.5 Å². The predicted molar refractivity (Wildman–Crippen MR) is 60.2 cm³/mol. The van der Waals surface area contributed by atoms with Crippen molar-refractivity contribution in [2.24, 2.45) is 7.05 Å². The molecule has 0 atom stereocenters. The van der Waals surface area contributed by atoms with Gasteiger partial charge in [-0.3, -0.25) is 14.5 Å². The van der Waals surface area contributed by atoms with Gasteiger partial charge in [0, 0.05) is 25.0 Å². The lowest BCUT2D eigenvalue weighted by atomic mass is 10.0. The van der Waals surface area contributed by atoms with Crippen LogP contribution in [0.4, 0.5) is 4.39 Å². The maximum atomic E-state index is 13.0.